The van der Waals surface area contributed by atoms with Crippen molar-refractivity contribution >= 4 is 15.7 Å². The maximum atomic E-state index is 12.7. The maximum absolute atomic E-state index is 12.7. The van der Waals surface area contributed by atoms with Crippen molar-refractivity contribution in [3.8, 4) is 22.7 Å². The Morgan fingerprint density at radius 2 is 1.59 bits per heavy atom. The maximum Gasteiger partial charge on any atom is 0.261 e. The molecule has 1 aromatic heterocycles. The lowest BCUT2D eigenvalue weighted by atomic mass is 10.0. The Bertz CT molecular complexity index is 1340. The third-order valence-electron chi connectivity index (χ3n) is 5.40. The molecule has 0 saturated heterocycles. The van der Waals surface area contributed by atoms with Gasteiger partial charge in [0.2, 0.25) is 5.89 Å². The smallest absolute Gasteiger partial charge is 0.261 e. The van der Waals surface area contributed by atoms with Crippen LogP contribution < -0.4 is 4.72 Å². The number of aryl methyl sites for hydroxylation is 2. The van der Waals surface area contributed by atoms with E-state index in [1.807, 2.05) is 31.2 Å². The number of aromatic nitrogens is 1. The highest BCUT2D eigenvalue weighted by Gasteiger charge is 2.15. The van der Waals surface area contributed by atoms with Gasteiger partial charge < -0.3 is 4.42 Å². The SMILES string of the molecule is Cc1ccc(-c2coc(-c3ccc(NS(=O)(=O)c4ccc(C(C)C)cc4)cc3)n2)c(C)c1. The van der Waals surface area contributed by atoms with E-state index in [0.29, 0.717) is 17.5 Å². The molecule has 1 N–H and O–H groups in total. The Kier molecular flexibility index (Phi) is 5.89. The average Bonchev–Trinajstić information content (AvgIpc) is 3.24. The number of nitrogens with one attached hydrogen (secondary N) is 1. The van der Waals surface area contributed by atoms with E-state index >= 15 is 0 Å². The fraction of sp³-hybridized carbons (Fsp3) is 0.192. The summed E-state index contributed by atoms with van der Waals surface area (Å²) in [5, 5.41) is 0. The van der Waals surface area contributed by atoms with E-state index in [2.05, 4.69) is 36.5 Å². The van der Waals surface area contributed by atoms with Crippen molar-refractivity contribution in [3.05, 3.63) is 89.7 Å². The molecule has 0 unspecified atom stereocenters. The number of benzene rings is 3. The molecule has 4 aromatic rings. The molecule has 0 atom stereocenters. The normalized spacial score (nSPS) is 11.7. The molecule has 4 rings (SSSR count). The van der Waals surface area contributed by atoms with E-state index < -0.39 is 10.0 Å². The minimum absolute atomic E-state index is 0.233. The fourth-order valence-corrected chi connectivity index (χ4v) is 4.62. The van der Waals surface area contributed by atoms with Gasteiger partial charge in [-0.2, -0.15) is 0 Å². The predicted octanol–water partition coefficient (Wildman–Crippen LogP) is 6.55. The van der Waals surface area contributed by atoms with Crippen LogP contribution in [0.15, 0.2) is 82.3 Å². The average molecular weight is 447 g/mol. The van der Waals surface area contributed by atoms with E-state index in [1.165, 1.54) is 5.56 Å². The zero-order chi connectivity index (χ0) is 22.9. The lowest BCUT2D eigenvalue weighted by molar-refractivity contribution is 0.575. The van der Waals surface area contributed by atoms with Gasteiger partial charge >= 0.3 is 0 Å². The Balaban J connectivity index is 1.51. The van der Waals surface area contributed by atoms with Gasteiger partial charge in [0.05, 0.1) is 4.90 Å². The fourth-order valence-electron chi connectivity index (χ4n) is 3.56. The van der Waals surface area contributed by atoms with Gasteiger partial charge in [-0.15, -0.1) is 0 Å². The highest BCUT2D eigenvalue weighted by molar-refractivity contribution is 7.92. The topological polar surface area (TPSA) is 72.2 Å². The van der Waals surface area contributed by atoms with E-state index in [0.717, 1.165) is 27.9 Å². The van der Waals surface area contributed by atoms with Crippen LogP contribution >= 0.6 is 0 Å². The molecular weight excluding hydrogens is 420 g/mol. The van der Waals surface area contributed by atoms with Gasteiger partial charge in [0.1, 0.15) is 12.0 Å². The summed E-state index contributed by atoms with van der Waals surface area (Å²) < 4.78 is 33.7. The van der Waals surface area contributed by atoms with Crippen molar-refractivity contribution < 1.29 is 12.8 Å². The first kappa shape index (κ1) is 21.8. The summed E-state index contributed by atoms with van der Waals surface area (Å²) in [6, 6.07) is 20.1. The summed E-state index contributed by atoms with van der Waals surface area (Å²) in [6.07, 6.45) is 1.64. The number of hydrogen-bond acceptors (Lipinski definition) is 4. The van der Waals surface area contributed by atoms with E-state index in [-0.39, 0.29) is 4.90 Å². The third kappa shape index (κ3) is 4.60. The zero-order valence-corrected chi connectivity index (χ0v) is 19.4. The summed E-state index contributed by atoms with van der Waals surface area (Å²) >= 11 is 0. The molecule has 0 aliphatic heterocycles. The number of sulfonamides is 1. The number of nitrogens with zero attached hydrogens (tertiary/aromatic N) is 1. The van der Waals surface area contributed by atoms with Gasteiger partial charge in [-0.25, -0.2) is 13.4 Å². The lowest BCUT2D eigenvalue weighted by Gasteiger charge is -2.10. The highest BCUT2D eigenvalue weighted by atomic mass is 32.2. The molecule has 0 bridgehead atoms. The van der Waals surface area contributed by atoms with E-state index in [4.69, 9.17) is 4.42 Å². The largest absolute Gasteiger partial charge is 0.444 e. The Morgan fingerprint density at radius 3 is 2.22 bits per heavy atom. The molecule has 6 heteroatoms. The lowest BCUT2D eigenvalue weighted by Crippen LogP contribution is -2.12. The number of hydrogen-bond donors (Lipinski definition) is 1. The Labute approximate surface area is 189 Å². The zero-order valence-electron chi connectivity index (χ0n) is 18.6. The first-order valence-electron chi connectivity index (χ1n) is 10.5. The Morgan fingerprint density at radius 1 is 0.906 bits per heavy atom. The van der Waals surface area contributed by atoms with Crippen LogP contribution in [0.1, 0.15) is 36.5 Å². The van der Waals surface area contributed by atoms with Crippen LogP contribution in [0.5, 0.6) is 0 Å². The molecule has 0 fully saturated rings. The second kappa shape index (κ2) is 8.63. The van der Waals surface area contributed by atoms with E-state index in [1.54, 1.807) is 42.7 Å². The quantitative estimate of drug-likeness (QED) is 0.364. The number of anilines is 1. The van der Waals surface area contributed by atoms with Crippen molar-refractivity contribution in [2.75, 3.05) is 4.72 Å². The van der Waals surface area contributed by atoms with Crippen LogP contribution in [-0.2, 0) is 10.0 Å². The van der Waals surface area contributed by atoms with Crippen molar-refractivity contribution in [1.82, 2.24) is 4.98 Å². The molecule has 164 valence electrons. The first-order valence-corrected chi connectivity index (χ1v) is 12.0. The summed E-state index contributed by atoms with van der Waals surface area (Å²) in [5.41, 5.74) is 6.47. The number of rotatable bonds is 6. The van der Waals surface area contributed by atoms with Crippen molar-refractivity contribution in [3.63, 3.8) is 0 Å². The van der Waals surface area contributed by atoms with Crippen LogP contribution in [0.3, 0.4) is 0 Å². The predicted molar refractivity (Wildman–Crippen MR) is 128 cm³/mol. The van der Waals surface area contributed by atoms with Gasteiger partial charge in [-0.3, -0.25) is 4.72 Å². The molecule has 0 spiro atoms. The van der Waals surface area contributed by atoms with Crippen LogP contribution in [0, 0.1) is 13.8 Å². The molecule has 0 aliphatic carbocycles. The van der Waals surface area contributed by atoms with Gasteiger partial charge in [-0.05, 0) is 67.3 Å². The van der Waals surface area contributed by atoms with Crippen LogP contribution in [0.25, 0.3) is 22.7 Å². The molecule has 1 heterocycles. The van der Waals surface area contributed by atoms with Crippen molar-refractivity contribution in [1.29, 1.82) is 0 Å². The summed E-state index contributed by atoms with van der Waals surface area (Å²) in [4.78, 5) is 4.84. The third-order valence-corrected chi connectivity index (χ3v) is 6.80. The van der Waals surface area contributed by atoms with Crippen molar-refractivity contribution in [2.45, 2.75) is 38.5 Å². The molecule has 3 aromatic carbocycles. The minimum atomic E-state index is -3.66. The number of oxazole rings is 1. The molecule has 0 saturated carbocycles. The molecular formula is C26H26N2O3S. The molecule has 0 aliphatic rings. The van der Waals surface area contributed by atoms with Gasteiger partial charge in [-0.1, -0.05) is 49.7 Å². The highest BCUT2D eigenvalue weighted by Crippen LogP contribution is 2.28. The molecule has 32 heavy (non-hydrogen) atoms. The molecule has 0 amide bonds. The van der Waals surface area contributed by atoms with Crippen LogP contribution in [0.2, 0.25) is 0 Å². The second-order valence-electron chi connectivity index (χ2n) is 8.26. The van der Waals surface area contributed by atoms with Crippen LogP contribution in [-0.4, -0.2) is 13.4 Å². The molecule has 0 radical (unpaired) electrons. The van der Waals surface area contributed by atoms with Crippen molar-refractivity contribution in [2.24, 2.45) is 0 Å². The van der Waals surface area contributed by atoms with Gasteiger partial charge in [0.15, 0.2) is 0 Å². The standard InChI is InChI=1S/C26H26N2O3S/c1-17(2)20-8-12-23(13-9-20)32(29,30)28-22-10-6-21(7-11-22)26-27-25(16-31-26)24-14-5-18(3)15-19(24)4/h5-17,28H,1-4H3. The summed E-state index contributed by atoms with van der Waals surface area (Å²) in [7, 11) is -3.66. The second-order valence-corrected chi connectivity index (χ2v) is 9.95. The Hall–Kier alpha value is -3.38. The minimum Gasteiger partial charge on any atom is -0.444 e. The summed E-state index contributed by atoms with van der Waals surface area (Å²) in [5.74, 6) is 0.830. The van der Waals surface area contributed by atoms with Gasteiger partial charge in [0, 0.05) is 16.8 Å². The van der Waals surface area contributed by atoms with Gasteiger partial charge in [0.25, 0.3) is 10.0 Å². The summed E-state index contributed by atoms with van der Waals surface area (Å²) in [6.45, 7) is 8.25. The van der Waals surface area contributed by atoms with Crippen LogP contribution in [0.4, 0.5) is 5.69 Å². The monoisotopic (exact) mass is 446 g/mol. The molecule has 5 nitrogen and oxygen atoms in total. The first-order chi connectivity index (χ1) is 15.2. The van der Waals surface area contributed by atoms with E-state index in [9.17, 15) is 8.42 Å².